The van der Waals surface area contributed by atoms with Crippen LogP contribution in [-0.4, -0.2) is 10.7 Å². The zero-order chi connectivity index (χ0) is 23.1. The maximum Gasteiger partial charge on any atom is 0.272 e. The second-order valence-electron chi connectivity index (χ2n) is 8.88. The van der Waals surface area contributed by atoms with Gasteiger partial charge in [0.25, 0.3) is 5.69 Å². The molecule has 3 aromatic carbocycles. The summed E-state index contributed by atoms with van der Waals surface area (Å²) in [7, 11) is 0. The summed E-state index contributed by atoms with van der Waals surface area (Å²) in [4.78, 5) is 24.8. The van der Waals surface area contributed by atoms with Crippen molar-refractivity contribution in [1.29, 1.82) is 0 Å². The lowest BCUT2D eigenvalue weighted by molar-refractivity contribution is -0.385. The van der Waals surface area contributed by atoms with E-state index in [1.54, 1.807) is 19.1 Å². The molecule has 2 unspecified atom stereocenters. The molecule has 0 amide bonds. The molecule has 1 aliphatic heterocycles. The highest BCUT2D eigenvalue weighted by Gasteiger charge is 2.36. The number of aryl methyl sites for hydroxylation is 2. The minimum Gasteiger partial charge on any atom is -0.372 e. The smallest absolute Gasteiger partial charge is 0.272 e. The Hall–Kier alpha value is -3.93. The number of carbonyl (C=O) groups excluding carboxylic acids is 1. The van der Waals surface area contributed by atoms with Crippen LogP contribution in [-0.2, 0) is 4.79 Å². The Labute approximate surface area is 192 Å². The van der Waals surface area contributed by atoms with Gasteiger partial charge in [-0.1, -0.05) is 54.1 Å². The molecule has 0 spiro atoms. The first-order valence-electron chi connectivity index (χ1n) is 11.1. The monoisotopic (exact) mass is 439 g/mol. The molecule has 1 heterocycles. The molecule has 0 radical (unpaired) electrons. The average molecular weight is 440 g/mol. The summed E-state index contributed by atoms with van der Waals surface area (Å²) >= 11 is 0. The van der Waals surface area contributed by atoms with Gasteiger partial charge in [-0.2, -0.15) is 0 Å². The van der Waals surface area contributed by atoms with Crippen LogP contribution >= 0.6 is 0 Å². The molecule has 6 nitrogen and oxygen atoms in total. The van der Waals surface area contributed by atoms with Crippen LogP contribution < -0.4 is 10.6 Å². The standard InChI is InChI=1S/C27H25N3O3/c1-16-7-10-18(11-8-16)20-13-23-26(25(31)15-20)27(29-22-6-4-3-5-21(22)28-23)19-12-9-17(2)24(14-19)30(32)33/h3-12,14,20,27-29H,13,15H2,1-2H3. The van der Waals surface area contributed by atoms with Gasteiger partial charge in [-0.15, -0.1) is 0 Å². The minimum atomic E-state index is -0.470. The first-order valence-corrected chi connectivity index (χ1v) is 11.1. The number of nitro groups is 1. The van der Waals surface area contributed by atoms with Crippen molar-refractivity contribution in [3.63, 3.8) is 0 Å². The number of fused-ring (bicyclic) bond motifs is 1. The van der Waals surface area contributed by atoms with E-state index in [0.29, 0.717) is 29.5 Å². The van der Waals surface area contributed by atoms with E-state index in [0.717, 1.165) is 22.6 Å². The number of Topliss-reactive ketones (excluding diaryl/α,β-unsaturated/α-hetero) is 1. The van der Waals surface area contributed by atoms with Crippen LogP contribution in [0.25, 0.3) is 0 Å². The van der Waals surface area contributed by atoms with E-state index in [-0.39, 0.29) is 22.3 Å². The number of anilines is 2. The first kappa shape index (κ1) is 20.9. The molecular weight excluding hydrogens is 414 g/mol. The summed E-state index contributed by atoms with van der Waals surface area (Å²) in [5, 5.41) is 18.6. The van der Waals surface area contributed by atoms with Gasteiger partial charge in [-0.25, -0.2) is 0 Å². The second-order valence-corrected chi connectivity index (χ2v) is 8.88. The first-order chi connectivity index (χ1) is 15.9. The molecule has 0 saturated heterocycles. The lowest BCUT2D eigenvalue weighted by atomic mass is 9.78. The summed E-state index contributed by atoms with van der Waals surface area (Å²) in [6, 6.07) is 20.9. The highest BCUT2D eigenvalue weighted by atomic mass is 16.6. The quantitative estimate of drug-likeness (QED) is 0.375. The molecular formula is C27H25N3O3. The van der Waals surface area contributed by atoms with E-state index in [1.165, 1.54) is 5.56 Å². The Bertz CT molecular complexity index is 1290. The Morgan fingerprint density at radius 2 is 1.61 bits per heavy atom. The van der Waals surface area contributed by atoms with Gasteiger partial charge >= 0.3 is 0 Å². The molecule has 3 aromatic rings. The average Bonchev–Trinajstić information content (AvgIpc) is 2.96. The number of rotatable bonds is 3. The van der Waals surface area contributed by atoms with Gasteiger partial charge in [-0.05, 0) is 49.4 Å². The third-order valence-corrected chi connectivity index (χ3v) is 6.62. The van der Waals surface area contributed by atoms with E-state index in [4.69, 9.17) is 0 Å². The Morgan fingerprint density at radius 1 is 0.909 bits per heavy atom. The third-order valence-electron chi connectivity index (χ3n) is 6.62. The van der Waals surface area contributed by atoms with Gasteiger partial charge < -0.3 is 10.6 Å². The van der Waals surface area contributed by atoms with Crippen LogP contribution in [0.3, 0.4) is 0 Å². The molecule has 0 aromatic heterocycles. The predicted molar refractivity (Wildman–Crippen MR) is 129 cm³/mol. The topological polar surface area (TPSA) is 84.3 Å². The van der Waals surface area contributed by atoms with Gasteiger partial charge in [0.1, 0.15) is 0 Å². The number of nitrogens with zero attached hydrogens (tertiary/aromatic N) is 1. The largest absolute Gasteiger partial charge is 0.372 e. The van der Waals surface area contributed by atoms with Gasteiger partial charge in [0.2, 0.25) is 0 Å². The number of benzene rings is 3. The fourth-order valence-corrected chi connectivity index (χ4v) is 4.82. The van der Waals surface area contributed by atoms with Crippen molar-refractivity contribution >= 4 is 22.8 Å². The molecule has 1 aliphatic carbocycles. The second kappa shape index (κ2) is 8.20. The zero-order valence-electron chi connectivity index (χ0n) is 18.6. The van der Waals surface area contributed by atoms with Crippen molar-refractivity contribution in [2.75, 3.05) is 10.6 Å². The predicted octanol–water partition coefficient (Wildman–Crippen LogP) is 6.19. The van der Waals surface area contributed by atoms with Gasteiger partial charge in [0, 0.05) is 29.3 Å². The van der Waals surface area contributed by atoms with Crippen molar-refractivity contribution in [1.82, 2.24) is 0 Å². The molecule has 166 valence electrons. The van der Waals surface area contributed by atoms with Gasteiger partial charge in [0.15, 0.2) is 5.78 Å². The van der Waals surface area contributed by atoms with Crippen LogP contribution in [0.1, 0.15) is 47.1 Å². The summed E-state index contributed by atoms with van der Waals surface area (Å²) < 4.78 is 0. The number of nitrogens with one attached hydrogen (secondary N) is 2. The van der Waals surface area contributed by atoms with Gasteiger partial charge in [-0.3, -0.25) is 14.9 Å². The molecule has 6 heteroatoms. The fraction of sp³-hybridized carbons (Fsp3) is 0.222. The highest BCUT2D eigenvalue weighted by molar-refractivity contribution is 6.01. The summed E-state index contributed by atoms with van der Waals surface area (Å²) in [5.41, 5.74) is 6.99. The SMILES string of the molecule is Cc1ccc(C2CC(=O)C3=C(C2)Nc2ccccc2NC3c2ccc(C)c([N+](=O)[O-])c2)cc1. The van der Waals surface area contributed by atoms with Crippen LogP contribution in [0.2, 0.25) is 0 Å². The molecule has 0 saturated carbocycles. The number of allylic oxidation sites excluding steroid dienone is 1. The lowest BCUT2D eigenvalue weighted by Gasteiger charge is -2.30. The van der Waals surface area contributed by atoms with Crippen LogP contribution in [0.5, 0.6) is 0 Å². The Kier molecular flexibility index (Phi) is 5.21. The van der Waals surface area contributed by atoms with Crippen LogP contribution in [0, 0.1) is 24.0 Å². The number of hydrogen-bond acceptors (Lipinski definition) is 5. The number of para-hydroxylation sites is 2. The van der Waals surface area contributed by atoms with Crippen molar-refractivity contribution in [3.05, 3.63) is 110 Å². The van der Waals surface area contributed by atoms with Crippen LogP contribution in [0.15, 0.2) is 78.0 Å². The molecule has 2 atom stereocenters. The van der Waals surface area contributed by atoms with Crippen molar-refractivity contribution in [2.24, 2.45) is 0 Å². The maximum absolute atomic E-state index is 13.6. The molecule has 0 bridgehead atoms. The van der Waals surface area contributed by atoms with E-state index >= 15 is 0 Å². The zero-order valence-corrected chi connectivity index (χ0v) is 18.6. The molecule has 33 heavy (non-hydrogen) atoms. The summed E-state index contributed by atoms with van der Waals surface area (Å²) in [6.07, 6.45) is 1.11. The minimum absolute atomic E-state index is 0.0581. The van der Waals surface area contributed by atoms with E-state index in [9.17, 15) is 14.9 Å². The Balaban J connectivity index is 1.62. The summed E-state index contributed by atoms with van der Waals surface area (Å²) in [5.74, 6) is 0.144. The number of carbonyl (C=O) groups is 1. The number of nitro benzene ring substituents is 1. The normalized spacial score (nSPS) is 19.6. The molecule has 5 rings (SSSR count). The van der Waals surface area contributed by atoms with Crippen molar-refractivity contribution in [3.8, 4) is 0 Å². The fourth-order valence-electron chi connectivity index (χ4n) is 4.82. The van der Waals surface area contributed by atoms with Crippen LogP contribution in [0.4, 0.5) is 17.1 Å². The maximum atomic E-state index is 13.6. The van der Waals surface area contributed by atoms with E-state index in [2.05, 4.69) is 41.8 Å². The van der Waals surface area contributed by atoms with E-state index in [1.807, 2.05) is 30.3 Å². The number of hydrogen-bond donors (Lipinski definition) is 2. The summed E-state index contributed by atoms with van der Waals surface area (Å²) in [6.45, 7) is 3.78. The number of ketones is 1. The Morgan fingerprint density at radius 3 is 2.33 bits per heavy atom. The van der Waals surface area contributed by atoms with E-state index < -0.39 is 6.04 Å². The van der Waals surface area contributed by atoms with Gasteiger partial charge in [0.05, 0.1) is 22.3 Å². The van der Waals surface area contributed by atoms with Crippen molar-refractivity contribution < 1.29 is 9.72 Å². The highest BCUT2D eigenvalue weighted by Crippen LogP contribution is 2.44. The third kappa shape index (κ3) is 3.89. The molecule has 2 aliphatic rings. The molecule has 2 N–H and O–H groups in total. The molecule has 0 fully saturated rings. The van der Waals surface area contributed by atoms with Crippen molar-refractivity contribution in [2.45, 2.75) is 38.6 Å². The lowest BCUT2D eigenvalue weighted by Crippen LogP contribution is -2.27.